The van der Waals surface area contributed by atoms with E-state index in [1.807, 2.05) is 25.7 Å². The molecule has 0 radical (unpaired) electrons. The molecule has 0 N–H and O–H groups in total. The van der Waals surface area contributed by atoms with Gasteiger partial charge in [-0.25, -0.2) is 4.79 Å². The van der Waals surface area contributed by atoms with E-state index in [-0.39, 0.29) is 23.5 Å². The monoisotopic (exact) mass is 305 g/mol. The Morgan fingerprint density at radius 2 is 2.09 bits per heavy atom. The largest absolute Gasteiger partial charge is 0.460 e. The summed E-state index contributed by atoms with van der Waals surface area (Å²) in [5.41, 5.74) is -0.240. The summed E-state index contributed by atoms with van der Waals surface area (Å²) in [6.45, 7) is 11.9. The summed E-state index contributed by atoms with van der Waals surface area (Å²) in [7, 11) is 0. The van der Waals surface area contributed by atoms with Gasteiger partial charge >= 0.3 is 5.97 Å². The third-order valence-corrected chi connectivity index (χ3v) is 4.65. The molecule has 0 aliphatic heterocycles. The van der Waals surface area contributed by atoms with Crippen LogP contribution in [0.15, 0.2) is 24.3 Å². The Hall–Kier alpha value is -1.58. The van der Waals surface area contributed by atoms with Crippen molar-refractivity contribution in [1.82, 2.24) is 4.90 Å². The Morgan fingerprint density at radius 3 is 2.50 bits per heavy atom. The SMILES string of the molecule is C=C(C)C(=O)OCCN(C(=O)C12C=CC(CC1)C2)C(C)(C)C. The fourth-order valence-corrected chi connectivity index (χ4v) is 3.38. The first-order valence-corrected chi connectivity index (χ1v) is 8.00. The molecular formula is C18H27NO3. The summed E-state index contributed by atoms with van der Waals surface area (Å²) in [6.07, 6.45) is 7.26. The molecule has 2 bridgehead atoms. The highest BCUT2D eigenvalue weighted by Gasteiger charge is 2.49. The highest BCUT2D eigenvalue weighted by molar-refractivity contribution is 5.87. The number of hydrogen-bond donors (Lipinski definition) is 0. The van der Waals surface area contributed by atoms with Crippen molar-refractivity contribution < 1.29 is 14.3 Å². The van der Waals surface area contributed by atoms with Crippen LogP contribution in [0.1, 0.15) is 47.0 Å². The predicted molar refractivity (Wildman–Crippen MR) is 86.2 cm³/mol. The Kier molecular flexibility index (Phi) is 4.50. The molecule has 0 aromatic rings. The molecule has 2 atom stereocenters. The maximum absolute atomic E-state index is 13.1. The molecule has 2 aliphatic rings. The van der Waals surface area contributed by atoms with Gasteiger partial charge < -0.3 is 9.64 Å². The molecule has 1 amide bonds. The zero-order valence-electron chi connectivity index (χ0n) is 14.1. The van der Waals surface area contributed by atoms with E-state index in [9.17, 15) is 9.59 Å². The van der Waals surface area contributed by atoms with Gasteiger partial charge in [-0.2, -0.15) is 0 Å². The van der Waals surface area contributed by atoms with Crippen molar-refractivity contribution in [2.24, 2.45) is 11.3 Å². The van der Waals surface area contributed by atoms with E-state index in [1.165, 1.54) is 0 Å². The van der Waals surface area contributed by atoms with Crippen LogP contribution in [-0.4, -0.2) is 35.5 Å². The lowest BCUT2D eigenvalue weighted by Crippen LogP contribution is -2.52. The smallest absolute Gasteiger partial charge is 0.333 e. The van der Waals surface area contributed by atoms with Crippen molar-refractivity contribution >= 4 is 11.9 Å². The van der Waals surface area contributed by atoms with Crippen molar-refractivity contribution in [2.45, 2.75) is 52.5 Å². The second kappa shape index (κ2) is 5.90. The molecule has 4 heteroatoms. The molecule has 0 saturated heterocycles. The normalized spacial score (nSPS) is 26.1. The lowest BCUT2D eigenvalue weighted by atomic mass is 9.84. The Bertz CT molecular complexity index is 515. The van der Waals surface area contributed by atoms with Gasteiger partial charge in [0, 0.05) is 11.1 Å². The van der Waals surface area contributed by atoms with Gasteiger partial charge in [0.05, 0.1) is 12.0 Å². The van der Waals surface area contributed by atoms with E-state index in [1.54, 1.807) is 6.92 Å². The lowest BCUT2D eigenvalue weighted by molar-refractivity contribution is -0.149. The summed E-state index contributed by atoms with van der Waals surface area (Å²) < 4.78 is 5.17. The first kappa shape index (κ1) is 16.8. The van der Waals surface area contributed by atoms with Gasteiger partial charge in [0.1, 0.15) is 6.61 Å². The van der Waals surface area contributed by atoms with Gasteiger partial charge in [-0.05, 0) is 52.9 Å². The summed E-state index contributed by atoms with van der Waals surface area (Å²) in [5.74, 6) is 0.329. The van der Waals surface area contributed by atoms with Crippen molar-refractivity contribution in [2.75, 3.05) is 13.2 Å². The number of hydrogen-bond acceptors (Lipinski definition) is 3. The Labute approximate surface area is 133 Å². The number of carbonyl (C=O) groups is 2. The number of carbonyl (C=O) groups excluding carboxylic acids is 2. The number of amides is 1. The van der Waals surface area contributed by atoms with Gasteiger partial charge in [0.2, 0.25) is 5.91 Å². The quantitative estimate of drug-likeness (QED) is 0.445. The van der Waals surface area contributed by atoms with Crippen LogP contribution in [0.4, 0.5) is 0 Å². The minimum absolute atomic E-state index is 0.169. The maximum Gasteiger partial charge on any atom is 0.333 e. The summed E-state index contributed by atoms with van der Waals surface area (Å²) >= 11 is 0. The zero-order valence-corrected chi connectivity index (χ0v) is 14.1. The van der Waals surface area contributed by atoms with Gasteiger partial charge in [-0.15, -0.1) is 0 Å². The topological polar surface area (TPSA) is 46.6 Å². The second-order valence-electron chi connectivity index (χ2n) is 7.56. The molecule has 1 saturated carbocycles. The summed E-state index contributed by atoms with van der Waals surface area (Å²) in [6, 6.07) is 0. The minimum Gasteiger partial charge on any atom is -0.460 e. The molecule has 22 heavy (non-hydrogen) atoms. The summed E-state index contributed by atoms with van der Waals surface area (Å²) in [5, 5.41) is 0. The van der Waals surface area contributed by atoms with Gasteiger partial charge in [0.15, 0.2) is 0 Å². The number of allylic oxidation sites excluding steroid dienone is 1. The van der Waals surface area contributed by atoms with Crippen molar-refractivity contribution in [3.8, 4) is 0 Å². The number of rotatable bonds is 5. The van der Waals surface area contributed by atoms with Gasteiger partial charge in [0.25, 0.3) is 0 Å². The number of ether oxygens (including phenoxy) is 1. The van der Waals surface area contributed by atoms with Crippen molar-refractivity contribution in [3.05, 3.63) is 24.3 Å². The first-order chi connectivity index (χ1) is 10.2. The van der Waals surface area contributed by atoms with E-state index < -0.39 is 5.97 Å². The fourth-order valence-electron chi connectivity index (χ4n) is 3.38. The van der Waals surface area contributed by atoms with Gasteiger partial charge in [-0.3, -0.25) is 4.79 Å². The molecule has 4 nitrogen and oxygen atoms in total. The number of nitrogens with zero attached hydrogens (tertiary/aromatic N) is 1. The van der Waals surface area contributed by atoms with Crippen molar-refractivity contribution in [1.29, 1.82) is 0 Å². The van der Waals surface area contributed by atoms with Crippen LogP contribution >= 0.6 is 0 Å². The van der Waals surface area contributed by atoms with E-state index in [4.69, 9.17) is 4.74 Å². The molecular weight excluding hydrogens is 278 g/mol. The van der Waals surface area contributed by atoms with Crippen LogP contribution in [0, 0.1) is 11.3 Å². The molecule has 2 rings (SSSR count). The van der Waals surface area contributed by atoms with Crippen LogP contribution in [0.25, 0.3) is 0 Å². The van der Waals surface area contributed by atoms with E-state index >= 15 is 0 Å². The molecule has 0 spiro atoms. The highest BCUT2D eigenvalue weighted by Crippen LogP contribution is 2.50. The van der Waals surface area contributed by atoms with Gasteiger partial charge in [-0.1, -0.05) is 18.7 Å². The van der Waals surface area contributed by atoms with Crippen LogP contribution in [0.2, 0.25) is 0 Å². The average Bonchev–Trinajstić information content (AvgIpc) is 3.03. The summed E-state index contributed by atoms with van der Waals surface area (Å²) in [4.78, 5) is 26.4. The van der Waals surface area contributed by atoms with E-state index in [0.717, 1.165) is 19.3 Å². The first-order valence-electron chi connectivity index (χ1n) is 8.00. The molecule has 2 unspecified atom stereocenters. The van der Waals surface area contributed by atoms with Crippen LogP contribution in [0.5, 0.6) is 0 Å². The third-order valence-electron chi connectivity index (χ3n) is 4.65. The molecule has 0 aromatic heterocycles. The van der Waals surface area contributed by atoms with Crippen LogP contribution in [0.3, 0.4) is 0 Å². The number of esters is 1. The highest BCUT2D eigenvalue weighted by atomic mass is 16.5. The van der Waals surface area contributed by atoms with Crippen LogP contribution in [-0.2, 0) is 14.3 Å². The fraction of sp³-hybridized carbons (Fsp3) is 0.667. The average molecular weight is 305 g/mol. The maximum atomic E-state index is 13.1. The lowest BCUT2D eigenvalue weighted by Gasteiger charge is -2.40. The number of fused-ring (bicyclic) bond motifs is 2. The third kappa shape index (κ3) is 3.26. The van der Waals surface area contributed by atoms with Crippen molar-refractivity contribution in [3.63, 3.8) is 0 Å². The standard InChI is InChI=1S/C18H27NO3/c1-13(2)15(20)22-11-10-19(17(3,4)5)16(21)18-8-6-14(12-18)7-9-18/h6,8,14H,1,7,9-12H2,2-5H3. The molecule has 2 aliphatic carbocycles. The Balaban J connectivity index is 2.04. The van der Waals surface area contributed by atoms with E-state index in [2.05, 4.69) is 18.7 Å². The Morgan fingerprint density at radius 1 is 1.41 bits per heavy atom. The minimum atomic E-state index is -0.402. The molecule has 0 aromatic carbocycles. The zero-order chi connectivity index (χ0) is 16.5. The predicted octanol–water partition coefficient (Wildman–Crippen LogP) is 3.09. The van der Waals surface area contributed by atoms with E-state index in [0.29, 0.717) is 18.0 Å². The molecule has 0 heterocycles. The molecule has 1 fully saturated rings. The van der Waals surface area contributed by atoms with Crippen LogP contribution < -0.4 is 0 Å². The second-order valence-corrected chi connectivity index (χ2v) is 7.56. The molecule has 122 valence electrons.